The van der Waals surface area contributed by atoms with Gasteiger partial charge in [-0.15, -0.1) is 0 Å². The molecule has 8 heteroatoms. The molecular formula is C24H25BrN4O3. The molecule has 2 heterocycles. The van der Waals surface area contributed by atoms with Crippen LogP contribution in [0.1, 0.15) is 12.0 Å². The fraction of sp³-hybridized carbons (Fsp3) is 0.333. The maximum Gasteiger partial charge on any atom is 0.162 e. The van der Waals surface area contributed by atoms with E-state index in [2.05, 4.69) is 37.2 Å². The van der Waals surface area contributed by atoms with E-state index in [-0.39, 0.29) is 0 Å². The van der Waals surface area contributed by atoms with E-state index in [4.69, 9.17) is 14.2 Å². The quantitative estimate of drug-likeness (QED) is 0.451. The van der Waals surface area contributed by atoms with Crippen molar-refractivity contribution < 1.29 is 14.2 Å². The minimum atomic E-state index is 0.459. The summed E-state index contributed by atoms with van der Waals surface area (Å²) >= 11 is 3.49. The molecule has 1 aromatic heterocycles. The van der Waals surface area contributed by atoms with Crippen LogP contribution in [0.5, 0.6) is 11.5 Å². The summed E-state index contributed by atoms with van der Waals surface area (Å²) in [7, 11) is 1.62. The fourth-order valence-corrected chi connectivity index (χ4v) is 4.10. The number of anilines is 2. The number of ether oxygens (including phenoxy) is 3. The smallest absolute Gasteiger partial charge is 0.162 e. The fourth-order valence-electron chi connectivity index (χ4n) is 3.70. The number of morpholine rings is 1. The first kappa shape index (κ1) is 22.3. The number of nitrogens with one attached hydrogen (secondary N) is 1. The maximum absolute atomic E-state index is 9.67. The average Bonchev–Trinajstić information content (AvgIpc) is 2.82. The number of hydrogen-bond acceptors (Lipinski definition) is 7. The third-order valence-corrected chi connectivity index (χ3v) is 5.84. The van der Waals surface area contributed by atoms with Crippen LogP contribution in [0.4, 0.5) is 11.4 Å². The van der Waals surface area contributed by atoms with Gasteiger partial charge in [-0.2, -0.15) is 5.26 Å². The number of halogens is 1. The van der Waals surface area contributed by atoms with Gasteiger partial charge in [0.05, 0.1) is 43.7 Å². The topological polar surface area (TPSA) is 79.6 Å². The molecule has 7 nitrogen and oxygen atoms in total. The second kappa shape index (κ2) is 10.6. The Hall–Kier alpha value is -2.86. The molecule has 32 heavy (non-hydrogen) atoms. The molecule has 1 saturated heterocycles. The van der Waals surface area contributed by atoms with E-state index in [0.717, 1.165) is 60.3 Å². The molecule has 3 aromatic rings. The predicted octanol–water partition coefficient (Wildman–Crippen LogP) is 4.72. The van der Waals surface area contributed by atoms with E-state index in [1.54, 1.807) is 13.3 Å². The van der Waals surface area contributed by atoms with Crippen molar-refractivity contribution in [2.45, 2.75) is 6.42 Å². The molecule has 1 N–H and O–H groups in total. The number of nitriles is 1. The van der Waals surface area contributed by atoms with E-state index in [0.29, 0.717) is 29.4 Å². The van der Waals surface area contributed by atoms with Gasteiger partial charge in [0.2, 0.25) is 0 Å². The lowest BCUT2D eigenvalue weighted by molar-refractivity contribution is 0.0357. The molecule has 166 valence electrons. The van der Waals surface area contributed by atoms with Gasteiger partial charge in [0.25, 0.3) is 0 Å². The first-order chi connectivity index (χ1) is 15.7. The zero-order chi connectivity index (χ0) is 22.3. The van der Waals surface area contributed by atoms with Crippen LogP contribution in [0.15, 0.2) is 47.1 Å². The van der Waals surface area contributed by atoms with Gasteiger partial charge in [0.15, 0.2) is 11.5 Å². The Kier molecular flexibility index (Phi) is 7.43. The number of benzene rings is 2. The largest absolute Gasteiger partial charge is 0.493 e. The van der Waals surface area contributed by atoms with Gasteiger partial charge < -0.3 is 19.5 Å². The Bertz CT molecular complexity index is 1130. The van der Waals surface area contributed by atoms with Gasteiger partial charge >= 0.3 is 0 Å². The van der Waals surface area contributed by atoms with E-state index < -0.39 is 0 Å². The molecule has 1 aliphatic rings. The lowest BCUT2D eigenvalue weighted by Gasteiger charge is -2.26. The minimum Gasteiger partial charge on any atom is -0.493 e. The minimum absolute atomic E-state index is 0.459. The molecular weight excluding hydrogens is 472 g/mol. The average molecular weight is 497 g/mol. The molecule has 0 aliphatic carbocycles. The number of rotatable bonds is 8. The van der Waals surface area contributed by atoms with Crippen molar-refractivity contribution in [3.8, 4) is 17.6 Å². The van der Waals surface area contributed by atoms with Crippen molar-refractivity contribution >= 4 is 38.2 Å². The highest BCUT2D eigenvalue weighted by atomic mass is 79.9. The Balaban J connectivity index is 1.59. The van der Waals surface area contributed by atoms with Gasteiger partial charge in [-0.1, -0.05) is 22.0 Å². The van der Waals surface area contributed by atoms with Crippen LogP contribution in [0.25, 0.3) is 10.9 Å². The molecule has 0 spiro atoms. The summed E-state index contributed by atoms with van der Waals surface area (Å²) < 4.78 is 18.0. The Morgan fingerprint density at radius 2 is 2.06 bits per heavy atom. The van der Waals surface area contributed by atoms with Crippen molar-refractivity contribution in [2.75, 3.05) is 51.9 Å². The van der Waals surface area contributed by atoms with Gasteiger partial charge in [0, 0.05) is 47.4 Å². The Labute approximate surface area is 196 Å². The van der Waals surface area contributed by atoms with Crippen molar-refractivity contribution in [2.24, 2.45) is 0 Å². The summed E-state index contributed by atoms with van der Waals surface area (Å²) in [6.45, 7) is 5.05. The van der Waals surface area contributed by atoms with E-state index in [1.807, 2.05) is 36.4 Å². The number of fused-ring (bicyclic) bond motifs is 1. The number of methoxy groups -OCH3 is 1. The summed E-state index contributed by atoms with van der Waals surface area (Å²) in [5.74, 6) is 1.26. The zero-order valence-electron chi connectivity index (χ0n) is 17.9. The van der Waals surface area contributed by atoms with Crippen LogP contribution in [-0.4, -0.2) is 56.4 Å². The van der Waals surface area contributed by atoms with Crippen LogP contribution < -0.4 is 14.8 Å². The zero-order valence-corrected chi connectivity index (χ0v) is 19.5. The lowest BCUT2D eigenvalue weighted by Crippen LogP contribution is -2.37. The predicted molar refractivity (Wildman–Crippen MR) is 128 cm³/mol. The van der Waals surface area contributed by atoms with Gasteiger partial charge in [-0.25, -0.2) is 0 Å². The SMILES string of the molecule is COc1cc2ncc(C#N)c(Nc3cccc(Br)c3)c2cc1OCCCN1CCOCC1. The molecule has 1 fully saturated rings. The lowest BCUT2D eigenvalue weighted by atomic mass is 10.1. The van der Waals surface area contributed by atoms with Gasteiger partial charge in [0.1, 0.15) is 6.07 Å². The number of aromatic nitrogens is 1. The van der Waals surface area contributed by atoms with Crippen molar-refractivity contribution in [1.82, 2.24) is 9.88 Å². The molecule has 0 saturated carbocycles. The van der Waals surface area contributed by atoms with E-state index in [1.165, 1.54) is 0 Å². The van der Waals surface area contributed by atoms with E-state index in [9.17, 15) is 5.26 Å². The van der Waals surface area contributed by atoms with Crippen LogP contribution in [-0.2, 0) is 4.74 Å². The van der Waals surface area contributed by atoms with Crippen LogP contribution in [0, 0.1) is 11.3 Å². The highest BCUT2D eigenvalue weighted by Gasteiger charge is 2.15. The van der Waals surface area contributed by atoms with Gasteiger partial charge in [-0.3, -0.25) is 9.88 Å². The highest BCUT2D eigenvalue weighted by molar-refractivity contribution is 9.10. The second-order valence-corrected chi connectivity index (χ2v) is 8.39. The summed E-state index contributed by atoms with van der Waals surface area (Å²) in [5.41, 5.74) is 2.74. The van der Waals surface area contributed by atoms with Crippen LogP contribution >= 0.6 is 15.9 Å². The molecule has 0 unspecified atom stereocenters. The summed E-state index contributed by atoms with van der Waals surface area (Å²) in [6, 6.07) is 13.8. The summed E-state index contributed by atoms with van der Waals surface area (Å²) in [4.78, 5) is 6.84. The highest BCUT2D eigenvalue weighted by Crippen LogP contribution is 2.37. The first-order valence-electron chi connectivity index (χ1n) is 10.5. The van der Waals surface area contributed by atoms with Crippen molar-refractivity contribution in [3.05, 3.63) is 52.6 Å². The molecule has 4 rings (SSSR count). The van der Waals surface area contributed by atoms with Crippen LogP contribution in [0.3, 0.4) is 0 Å². The van der Waals surface area contributed by atoms with E-state index >= 15 is 0 Å². The molecule has 0 radical (unpaired) electrons. The van der Waals surface area contributed by atoms with Crippen molar-refractivity contribution in [3.63, 3.8) is 0 Å². The maximum atomic E-state index is 9.67. The van der Waals surface area contributed by atoms with Crippen LogP contribution in [0.2, 0.25) is 0 Å². The summed E-state index contributed by atoms with van der Waals surface area (Å²) in [5, 5.41) is 13.8. The molecule has 0 bridgehead atoms. The van der Waals surface area contributed by atoms with Gasteiger partial charge in [-0.05, 0) is 30.7 Å². The number of hydrogen-bond donors (Lipinski definition) is 1. The third-order valence-electron chi connectivity index (χ3n) is 5.35. The monoisotopic (exact) mass is 496 g/mol. The molecule has 0 atom stereocenters. The molecule has 2 aromatic carbocycles. The second-order valence-electron chi connectivity index (χ2n) is 7.47. The standard InChI is InChI=1S/C24H25BrN4O3/c1-30-22-14-21-20(13-23(22)32-9-3-6-29-7-10-31-11-8-29)24(17(15-26)16-27-21)28-19-5-2-4-18(25)12-19/h2,4-5,12-14,16H,3,6-11H2,1H3,(H,27,28). The Morgan fingerprint density at radius 3 is 2.81 bits per heavy atom. The molecule has 0 amide bonds. The first-order valence-corrected chi connectivity index (χ1v) is 11.3. The summed E-state index contributed by atoms with van der Waals surface area (Å²) in [6.07, 6.45) is 2.48. The van der Waals surface area contributed by atoms with Crippen molar-refractivity contribution in [1.29, 1.82) is 5.26 Å². The number of pyridine rings is 1. The normalized spacial score (nSPS) is 14.2. The Morgan fingerprint density at radius 1 is 1.22 bits per heavy atom. The number of nitrogens with zero attached hydrogens (tertiary/aromatic N) is 3. The molecule has 1 aliphatic heterocycles. The third kappa shape index (κ3) is 5.30.